The van der Waals surface area contributed by atoms with Crippen LogP contribution in [0, 0.1) is 0 Å². The molecule has 0 radical (unpaired) electrons. The summed E-state index contributed by atoms with van der Waals surface area (Å²) in [5.74, 6) is 0.0820. The maximum Gasteiger partial charge on any atom is 0.410 e. The normalized spacial score (nSPS) is 16.4. The second kappa shape index (κ2) is 10.6. The highest BCUT2D eigenvalue weighted by Crippen LogP contribution is 2.29. The quantitative estimate of drug-likeness (QED) is 0.727. The lowest BCUT2D eigenvalue weighted by atomic mass is 9.88. The molecule has 0 aromatic heterocycles. The van der Waals surface area contributed by atoms with Crippen molar-refractivity contribution in [2.45, 2.75) is 58.2 Å². The van der Waals surface area contributed by atoms with Gasteiger partial charge in [-0.3, -0.25) is 4.79 Å². The van der Waals surface area contributed by atoms with E-state index in [1.807, 2.05) is 45.9 Å². The van der Waals surface area contributed by atoms with E-state index in [1.54, 1.807) is 11.0 Å². The molecule has 2 N–H and O–H groups in total. The second-order valence-electron chi connectivity index (χ2n) is 8.39. The van der Waals surface area contributed by atoms with Crippen LogP contribution in [-0.2, 0) is 9.47 Å². The number of carbonyl (C=O) groups is 2. The number of aliphatic hydroxyl groups is 1. The van der Waals surface area contributed by atoms with Crippen LogP contribution >= 0.6 is 0 Å². The highest BCUT2D eigenvalue weighted by atomic mass is 16.6. The summed E-state index contributed by atoms with van der Waals surface area (Å²) in [6.45, 7) is 9.61. The summed E-state index contributed by atoms with van der Waals surface area (Å²) >= 11 is 0. The minimum Gasteiger partial charge on any atom is -0.444 e. The third kappa shape index (κ3) is 7.66. The first-order chi connectivity index (χ1) is 13.7. The third-order valence-electron chi connectivity index (χ3n) is 4.78. The average Bonchev–Trinajstić information content (AvgIpc) is 2.69. The zero-order valence-electron chi connectivity index (χ0n) is 17.9. The summed E-state index contributed by atoms with van der Waals surface area (Å²) in [4.78, 5) is 26.4. The molecule has 29 heavy (non-hydrogen) atoms. The van der Waals surface area contributed by atoms with E-state index in [1.165, 1.54) is 0 Å². The van der Waals surface area contributed by atoms with E-state index >= 15 is 0 Å². The van der Waals surface area contributed by atoms with Gasteiger partial charge in [0.15, 0.2) is 0 Å². The Morgan fingerprint density at radius 2 is 1.97 bits per heavy atom. The number of nitrogens with one attached hydrogen (secondary N) is 1. The van der Waals surface area contributed by atoms with Gasteiger partial charge in [-0.25, -0.2) is 4.79 Å². The molecule has 1 aliphatic heterocycles. The highest BCUT2D eigenvalue weighted by molar-refractivity contribution is 5.94. The van der Waals surface area contributed by atoms with Crippen LogP contribution in [-0.4, -0.2) is 66.6 Å². The number of likely N-dealkylation sites (tertiary alicyclic amines) is 1. The molecule has 2 amide bonds. The Morgan fingerprint density at radius 3 is 2.59 bits per heavy atom. The first-order valence-electron chi connectivity index (χ1n) is 10.3. The van der Waals surface area contributed by atoms with E-state index in [0.717, 1.165) is 18.4 Å². The average molecular weight is 407 g/mol. The monoisotopic (exact) mass is 406 g/mol. The van der Waals surface area contributed by atoms with Gasteiger partial charge in [0.2, 0.25) is 0 Å². The number of aliphatic hydroxyl groups excluding tert-OH is 1. The van der Waals surface area contributed by atoms with Crippen molar-refractivity contribution in [1.29, 1.82) is 0 Å². The topological polar surface area (TPSA) is 88.1 Å². The molecule has 0 bridgehead atoms. The number of carbonyl (C=O) groups excluding carboxylic acids is 2. The molecule has 1 aliphatic rings. The van der Waals surface area contributed by atoms with Gasteiger partial charge >= 0.3 is 6.09 Å². The Morgan fingerprint density at radius 1 is 1.28 bits per heavy atom. The molecule has 1 fully saturated rings. The lowest BCUT2D eigenvalue weighted by Gasteiger charge is -2.33. The van der Waals surface area contributed by atoms with Crippen LogP contribution in [0.4, 0.5) is 4.79 Å². The molecule has 1 heterocycles. The molecular formula is C22H34N2O5. The Labute approximate surface area is 173 Å². The maximum atomic E-state index is 12.4. The fourth-order valence-electron chi connectivity index (χ4n) is 3.28. The van der Waals surface area contributed by atoms with Gasteiger partial charge in [0.25, 0.3) is 5.91 Å². The Bertz CT molecular complexity index is 678. The molecule has 1 unspecified atom stereocenters. The predicted octanol–water partition coefficient (Wildman–Crippen LogP) is 2.93. The zero-order valence-corrected chi connectivity index (χ0v) is 17.9. The summed E-state index contributed by atoms with van der Waals surface area (Å²) in [5.41, 5.74) is 1.17. The van der Waals surface area contributed by atoms with Gasteiger partial charge < -0.3 is 24.8 Å². The first kappa shape index (κ1) is 23.2. The van der Waals surface area contributed by atoms with Crippen LogP contribution in [0.25, 0.3) is 0 Å². The van der Waals surface area contributed by atoms with E-state index in [4.69, 9.17) is 9.47 Å². The minimum atomic E-state index is -0.723. The second-order valence-corrected chi connectivity index (χ2v) is 8.39. The van der Waals surface area contributed by atoms with Gasteiger partial charge in [-0.05, 0) is 64.2 Å². The van der Waals surface area contributed by atoms with Crippen molar-refractivity contribution >= 4 is 12.0 Å². The SMILES string of the molecule is CCOCC(O)CNC(=O)c1cccc(C2CCN(C(=O)OC(C)(C)C)CC2)c1. The fourth-order valence-corrected chi connectivity index (χ4v) is 3.28. The fraction of sp³-hybridized carbons (Fsp3) is 0.636. The van der Waals surface area contributed by atoms with Crippen LogP contribution in [0.15, 0.2) is 24.3 Å². The number of amides is 2. The van der Waals surface area contributed by atoms with Crippen molar-refractivity contribution in [2.24, 2.45) is 0 Å². The van der Waals surface area contributed by atoms with Crippen molar-refractivity contribution in [3.05, 3.63) is 35.4 Å². The molecule has 162 valence electrons. The summed E-state index contributed by atoms with van der Waals surface area (Å²) in [5, 5.41) is 12.5. The predicted molar refractivity (Wildman–Crippen MR) is 111 cm³/mol. The summed E-state index contributed by atoms with van der Waals surface area (Å²) in [6.07, 6.45) is 0.670. The molecule has 1 saturated heterocycles. The molecule has 2 rings (SSSR count). The lowest BCUT2D eigenvalue weighted by Crippen LogP contribution is -2.41. The van der Waals surface area contributed by atoms with Crippen molar-refractivity contribution in [2.75, 3.05) is 32.8 Å². The van der Waals surface area contributed by atoms with Crippen LogP contribution in [0.2, 0.25) is 0 Å². The molecule has 1 atom stereocenters. The van der Waals surface area contributed by atoms with Gasteiger partial charge in [0, 0.05) is 31.8 Å². The van der Waals surface area contributed by atoms with E-state index in [9.17, 15) is 14.7 Å². The van der Waals surface area contributed by atoms with Crippen molar-refractivity contribution in [3.63, 3.8) is 0 Å². The van der Waals surface area contributed by atoms with Gasteiger partial charge in [-0.15, -0.1) is 0 Å². The number of benzene rings is 1. The summed E-state index contributed by atoms with van der Waals surface area (Å²) in [7, 11) is 0. The third-order valence-corrected chi connectivity index (χ3v) is 4.78. The smallest absolute Gasteiger partial charge is 0.410 e. The van der Waals surface area contributed by atoms with E-state index in [2.05, 4.69) is 5.32 Å². The van der Waals surface area contributed by atoms with Gasteiger partial charge in [-0.2, -0.15) is 0 Å². The molecule has 7 nitrogen and oxygen atoms in total. The van der Waals surface area contributed by atoms with Crippen molar-refractivity contribution in [3.8, 4) is 0 Å². The first-order valence-corrected chi connectivity index (χ1v) is 10.3. The van der Waals surface area contributed by atoms with Crippen molar-refractivity contribution in [1.82, 2.24) is 10.2 Å². The molecular weight excluding hydrogens is 372 g/mol. The van der Waals surface area contributed by atoms with E-state index in [-0.39, 0.29) is 25.2 Å². The lowest BCUT2D eigenvalue weighted by molar-refractivity contribution is 0.0205. The molecule has 0 spiro atoms. The molecule has 7 heteroatoms. The van der Waals surface area contributed by atoms with Crippen LogP contribution in [0.5, 0.6) is 0 Å². The number of piperidine rings is 1. The number of hydrogen-bond donors (Lipinski definition) is 2. The Balaban J connectivity index is 1.88. The summed E-state index contributed by atoms with van der Waals surface area (Å²) in [6, 6.07) is 7.57. The van der Waals surface area contributed by atoms with Crippen LogP contribution in [0.3, 0.4) is 0 Å². The molecule has 1 aromatic carbocycles. The van der Waals surface area contributed by atoms with E-state index in [0.29, 0.717) is 31.2 Å². The van der Waals surface area contributed by atoms with Crippen molar-refractivity contribution < 1.29 is 24.2 Å². The highest BCUT2D eigenvalue weighted by Gasteiger charge is 2.27. The standard InChI is InChI=1S/C22H34N2O5/c1-5-28-15-19(25)14-23-20(26)18-8-6-7-17(13-18)16-9-11-24(12-10-16)21(27)29-22(2,3)4/h6-8,13,16,19,25H,5,9-12,14-15H2,1-4H3,(H,23,26). The molecule has 1 aromatic rings. The van der Waals surface area contributed by atoms with Gasteiger partial charge in [-0.1, -0.05) is 12.1 Å². The van der Waals surface area contributed by atoms with Gasteiger partial charge in [0.1, 0.15) is 5.60 Å². The minimum absolute atomic E-state index is 0.150. The molecule has 0 aliphatic carbocycles. The number of ether oxygens (including phenoxy) is 2. The largest absolute Gasteiger partial charge is 0.444 e. The van der Waals surface area contributed by atoms with Crippen LogP contribution < -0.4 is 5.32 Å². The van der Waals surface area contributed by atoms with E-state index < -0.39 is 11.7 Å². The molecule has 0 saturated carbocycles. The van der Waals surface area contributed by atoms with Gasteiger partial charge in [0.05, 0.1) is 12.7 Å². The summed E-state index contributed by atoms with van der Waals surface area (Å²) < 4.78 is 10.6. The Kier molecular flexibility index (Phi) is 8.46. The zero-order chi connectivity index (χ0) is 21.4. The van der Waals surface area contributed by atoms with Crippen LogP contribution in [0.1, 0.15) is 62.4 Å². The number of nitrogens with zero attached hydrogens (tertiary/aromatic N) is 1. The Hall–Kier alpha value is -2.12. The number of hydrogen-bond acceptors (Lipinski definition) is 5. The maximum absolute atomic E-state index is 12.4. The number of rotatable bonds is 7.